The van der Waals surface area contributed by atoms with Crippen LogP contribution in [0.3, 0.4) is 0 Å². The van der Waals surface area contributed by atoms with Gasteiger partial charge in [-0.25, -0.2) is 13.2 Å². The second-order valence-corrected chi connectivity index (χ2v) is 7.68. The average Bonchev–Trinajstić information content (AvgIpc) is 2.75. The Hall–Kier alpha value is -2.91. The molecule has 31 heavy (non-hydrogen) atoms. The van der Waals surface area contributed by atoms with Gasteiger partial charge in [-0.05, 0) is 29.8 Å². The molecule has 2 heterocycles. The summed E-state index contributed by atoms with van der Waals surface area (Å²) in [7, 11) is 0. The third-order valence-electron chi connectivity index (χ3n) is 4.94. The van der Waals surface area contributed by atoms with E-state index >= 15 is 0 Å². The van der Waals surface area contributed by atoms with E-state index in [2.05, 4.69) is 4.98 Å². The molecule has 160 valence electrons. The van der Waals surface area contributed by atoms with Crippen LogP contribution >= 0.6 is 12.1 Å². The number of benzene rings is 2. The minimum atomic E-state index is -1.62. The number of pyridine rings is 1. The third kappa shape index (κ3) is 4.28. The number of aliphatic hydroxyl groups is 1. The van der Waals surface area contributed by atoms with Gasteiger partial charge in [0.15, 0.2) is 17.5 Å². The molecule has 1 saturated heterocycles. The van der Waals surface area contributed by atoms with Crippen molar-refractivity contribution < 1.29 is 31.7 Å². The van der Waals surface area contributed by atoms with Gasteiger partial charge in [-0.15, -0.1) is 0 Å². The first kappa shape index (κ1) is 21.3. The smallest absolute Gasteiger partial charge is 0.309 e. The lowest BCUT2D eigenvalue weighted by atomic mass is 9.95. The number of rotatable bonds is 4. The molecule has 9 heteroatoms. The Morgan fingerprint density at radius 2 is 1.90 bits per heavy atom. The first-order valence-corrected chi connectivity index (χ1v) is 10.00. The Bertz CT molecular complexity index is 1180. The van der Waals surface area contributed by atoms with Crippen molar-refractivity contribution in [3.63, 3.8) is 0 Å². The predicted molar refractivity (Wildman–Crippen MR) is 108 cm³/mol. The molecular formula is C22H15F4NO3S. The summed E-state index contributed by atoms with van der Waals surface area (Å²) in [6.07, 6.45) is 2.97. The number of esters is 1. The van der Waals surface area contributed by atoms with E-state index in [1.54, 1.807) is 18.2 Å². The topological polar surface area (TPSA) is 59.4 Å². The molecule has 0 amide bonds. The predicted octanol–water partition coefficient (Wildman–Crippen LogP) is 5.38. The zero-order chi connectivity index (χ0) is 22.1. The van der Waals surface area contributed by atoms with Gasteiger partial charge in [-0.3, -0.25) is 9.78 Å². The highest BCUT2D eigenvalue weighted by Gasteiger charge is 2.25. The number of carbonyl (C=O) groups is 1. The van der Waals surface area contributed by atoms with Crippen molar-refractivity contribution in [3.8, 4) is 11.1 Å². The number of cyclic esters (lactones) is 1. The Kier molecular flexibility index (Phi) is 5.97. The number of hydrogen-bond donors (Lipinski definition) is 1. The van der Waals surface area contributed by atoms with Crippen LogP contribution in [0.2, 0.25) is 0 Å². The van der Waals surface area contributed by atoms with E-state index in [9.17, 15) is 27.0 Å². The Labute approximate surface area is 178 Å². The number of hydrogen-bond acceptors (Lipinski definition) is 5. The van der Waals surface area contributed by atoms with E-state index in [1.165, 1.54) is 24.4 Å². The molecule has 0 radical (unpaired) electrons. The second-order valence-electron chi connectivity index (χ2n) is 7.05. The Morgan fingerprint density at radius 1 is 1.16 bits per heavy atom. The number of aromatic nitrogens is 1. The van der Waals surface area contributed by atoms with Crippen molar-refractivity contribution in [1.82, 2.24) is 4.98 Å². The molecule has 1 aliphatic rings. The van der Waals surface area contributed by atoms with Crippen LogP contribution in [0.1, 0.15) is 18.4 Å². The number of nitrogens with zero attached hydrogens (tertiary/aromatic N) is 1. The molecule has 3 aromatic rings. The minimum Gasteiger partial charge on any atom is -0.458 e. The van der Waals surface area contributed by atoms with E-state index in [-0.39, 0.29) is 35.9 Å². The zero-order valence-electron chi connectivity index (χ0n) is 15.8. The molecule has 2 aromatic carbocycles. The summed E-state index contributed by atoms with van der Waals surface area (Å²) >= 11 is 0.0487. The van der Waals surface area contributed by atoms with Crippen LogP contribution in [0, 0.1) is 17.5 Å². The standard InChI is InChI=1S/C22H15F4NO3S/c23-17-9-16-19(11-2-5-15(31-26)6-3-11)12(10-27-22(16)21(25)20(17)24)1-4-14-7-13(28)8-18(29)30-14/h1-6,9-10,13-14,28H,7-8H2/t13-,14-/m1/s1. The van der Waals surface area contributed by atoms with Crippen molar-refractivity contribution >= 4 is 35.1 Å². The fourth-order valence-corrected chi connectivity index (χ4v) is 3.75. The molecule has 4 rings (SSSR count). The molecule has 0 bridgehead atoms. The molecule has 0 spiro atoms. The van der Waals surface area contributed by atoms with Gasteiger partial charge in [0.1, 0.15) is 11.6 Å². The summed E-state index contributed by atoms with van der Waals surface area (Å²) in [5.74, 6) is -4.94. The van der Waals surface area contributed by atoms with E-state index in [4.69, 9.17) is 4.74 Å². The summed E-state index contributed by atoms with van der Waals surface area (Å²) in [5, 5.41) is 9.79. The number of fused-ring (bicyclic) bond motifs is 1. The van der Waals surface area contributed by atoms with Crippen LogP contribution in [0.15, 0.2) is 47.5 Å². The Morgan fingerprint density at radius 3 is 2.58 bits per heavy atom. The van der Waals surface area contributed by atoms with Gasteiger partial charge in [0.25, 0.3) is 0 Å². The Balaban J connectivity index is 1.87. The third-order valence-corrected chi connectivity index (χ3v) is 5.39. The van der Waals surface area contributed by atoms with Crippen molar-refractivity contribution in [1.29, 1.82) is 0 Å². The highest BCUT2D eigenvalue weighted by molar-refractivity contribution is 7.94. The van der Waals surface area contributed by atoms with Gasteiger partial charge < -0.3 is 9.84 Å². The summed E-state index contributed by atoms with van der Waals surface area (Å²) in [6, 6.07) is 6.98. The maximum atomic E-state index is 14.3. The van der Waals surface area contributed by atoms with Gasteiger partial charge in [0.05, 0.1) is 24.7 Å². The van der Waals surface area contributed by atoms with E-state index in [0.717, 1.165) is 6.07 Å². The number of halogens is 4. The molecule has 1 fully saturated rings. The minimum absolute atomic E-state index is 0.0277. The van der Waals surface area contributed by atoms with Gasteiger partial charge in [-0.1, -0.05) is 18.2 Å². The number of aliphatic hydroxyl groups excluding tert-OH is 1. The monoisotopic (exact) mass is 449 g/mol. The maximum absolute atomic E-state index is 14.3. The summed E-state index contributed by atoms with van der Waals surface area (Å²) in [5.41, 5.74) is 0.900. The zero-order valence-corrected chi connectivity index (χ0v) is 16.6. The largest absolute Gasteiger partial charge is 0.458 e. The van der Waals surface area contributed by atoms with Crippen LogP contribution in [-0.2, 0) is 9.53 Å². The molecule has 1 aliphatic heterocycles. The maximum Gasteiger partial charge on any atom is 0.309 e. The van der Waals surface area contributed by atoms with Crippen LogP contribution in [0.4, 0.5) is 17.1 Å². The van der Waals surface area contributed by atoms with Crippen molar-refractivity contribution in [2.75, 3.05) is 0 Å². The quantitative estimate of drug-likeness (QED) is 0.330. The van der Waals surface area contributed by atoms with Crippen LogP contribution in [-0.4, -0.2) is 28.3 Å². The highest BCUT2D eigenvalue weighted by atomic mass is 32.2. The lowest BCUT2D eigenvalue weighted by Crippen LogP contribution is -2.31. The van der Waals surface area contributed by atoms with E-state index in [1.807, 2.05) is 0 Å². The van der Waals surface area contributed by atoms with Gasteiger partial charge in [0.2, 0.25) is 0 Å². The van der Waals surface area contributed by atoms with Crippen molar-refractivity contribution in [3.05, 3.63) is 65.6 Å². The molecule has 1 N–H and O–H groups in total. The molecule has 0 aliphatic carbocycles. The average molecular weight is 449 g/mol. The summed E-state index contributed by atoms with van der Waals surface area (Å²) in [4.78, 5) is 15.8. The molecule has 1 aromatic heterocycles. The number of ether oxygens (including phenoxy) is 1. The fourth-order valence-electron chi connectivity index (χ4n) is 3.52. The molecule has 0 saturated carbocycles. The van der Waals surface area contributed by atoms with Gasteiger partial charge in [0, 0.05) is 34.0 Å². The highest BCUT2D eigenvalue weighted by Crippen LogP contribution is 2.35. The molecule has 2 atom stereocenters. The SMILES string of the molecule is O=C1C[C@H](O)C[C@@H](C=Cc2cnc3c(F)c(F)c(F)cc3c2-c2ccc(SF)cc2)O1. The van der Waals surface area contributed by atoms with Crippen molar-refractivity contribution in [2.45, 2.75) is 29.9 Å². The van der Waals surface area contributed by atoms with E-state index in [0.29, 0.717) is 21.6 Å². The second kappa shape index (κ2) is 8.68. The molecule has 0 unspecified atom stereocenters. The summed E-state index contributed by atoms with van der Waals surface area (Å²) in [6.45, 7) is 0. The van der Waals surface area contributed by atoms with Crippen LogP contribution < -0.4 is 0 Å². The first-order valence-electron chi connectivity index (χ1n) is 9.28. The normalized spacial score (nSPS) is 19.2. The molecule has 4 nitrogen and oxygen atoms in total. The lowest BCUT2D eigenvalue weighted by Gasteiger charge is -2.23. The van der Waals surface area contributed by atoms with Gasteiger partial charge >= 0.3 is 5.97 Å². The van der Waals surface area contributed by atoms with E-state index < -0.39 is 35.6 Å². The fraction of sp³-hybridized carbons (Fsp3) is 0.182. The van der Waals surface area contributed by atoms with Crippen LogP contribution in [0.25, 0.3) is 28.1 Å². The molecular weight excluding hydrogens is 434 g/mol. The number of carbonyl (C=O) groups excluding carboxylic acids is 1. The van der Waals surface area contributed by atoms with Gasteiger partial charge in [-0.2, -0.15) is 3.89 Å². The van der Waals surface area contributed by atoms with Crippen molar-refractivity contribution in [2.24, 2.45) is 0 Å². The summed E-state index contributed by atoms with van der Waals surface area (Å²) < 4.78 is 60.1. The lowest BCUT2D eigenvalue weighted by molar-refractivity contribution is -0.156. The first-order chi connectivity index (χ1) is 14.9. The van der Waals surface area contributed by atoms with Crippen LogP contribution in [0.5, 0.6) is 0 Å².